The third-order valence-electron chi connectivity index (χ3n) is 4.26. The van der Waals surface area contributed by atoms with Crippen LogP contribution in [0, 0.1) is 3.57 Å². The van der Waals surface area contributed by atoms with Crippen molar-refractivity contribution >= 4 is 39.3 Å². The Balaban J connectivity index is 1.95. The first kappa shape index (κ1) is 18.8. The molecular formula is C21H20FIN2O. The van der Waals surface area contributed by atoms with E-state index in [1.807, 2.05) is 24.3 Å². The summed E-state index contributed by atoms with van der Waals surface area (Å²) >= 11 is 2.28. The van der Waals surface area contributed by atoms with Crippen LogP contribution in [0.25, 0.3) is 10.8 Å². The first-order valence-electron chi connectivity index (χ1n) is 8.57. The summed E-state index contributed by atoms with van der Waals surface area (Å²) in [6.45, 7) is 1.34. The Labute approximate surface area is 166 Å². The quantitative estimate of drug-likeness (QED) is 0.530. The number of benzene rings is 2. The highest BCUT2D eigenvalue weighted by molar-refractivity contribution is 14.1. The number of rotatable bonds is 6. The van der Waals surface area contributed by atoms with Gasteiger partial charge in [-0.15, -0.1) is 0 Å². The molecule has 1 heterocycles. The number of carbonyl (C=O) groups excluding carboxylic acids is 1. The molecular weight excluding hydrogens is 442 g/mol. The van der Waals surface area contributed by atoms with Gasteiger partial charge in [0.05, 0.1) is 12.4 Å². The molecule has 1 amide bonds. The Morgan fingerprint density at radius 3 is 2.65 bits per heavy atom. The maximum Gasteiger partial charge on any atom is 0.270 e. The average molecular weight is 462 g/mol. The van der Waals surface area contributed by atoms with Gasteiger partial charge in [-0.3, -0.25) is 9.18 Å². The molecule has 2 aromatic carbocycles. The molecule has 0 aliphatic carbocycles. The summed E-state index contributed by atoms with van der Waals surface area (Å²) in [5.74, 6) is -0.263. The summed E-state index contributed by atoms with van der Waals surface area (Å²) in [5.41, 5.74) is 2.38. The van der Waals surface area contributed by atoms with Gasteiger partial charge in [-0.2, -0.15) is 0 Å². The Kier molecular flexibility index (Phi) is 6.19. The van der Waals surface area contributed by atoms with Crippen molar-refractivity contribution in [3.05, 3.63) is 75.1 Å². The molecule has 3 nitrogen and oxygen atoms in total. The predicted octanol–water partition coefficient (Wildman–Crippen LogP) is 4.91. The van der Waals surface area contributed by atoms with Crippen molar-refractivity contribution < 1.29 is 9.18 Å². The Bertz CT molecular complexity index is 912. The van der Waals surface area contributed by atoms with Gasteiger partial charge < -0.3 is 5.32 Å². The number of alkyl halides is 1. The highest BCUT2D eigenvalue weighted by Gasteiger charge is 2.14. The van der Waals surface area contributed by atoms with E-state index in [0.29, 0.717) is 18.5 Å². The molecule has 0 radical (unpaired) electrons. The molecule has 1 aromatic heterocycles. The number of halogens is 2. The van der Waals surface area contributed by atoms with Crippen molar-refractivity contribution in [2.24, 2.45) is 0 Å². The zero-order chi connectivity index (χ0) is 18.5. The Morgan fingerprint density at radius 2 is 1.92 bits per heavy atom. The first-order chi connectivity index (χ1) is 12.6. The van der Waals surface area contributed by atoms with Gasteiger partial charge in [-0.1, -0.05) is 36.4 Å². The van der Waals surface area contributed by atoms with E-state index in [2.05, 4.69) is 57.2 Å². The van der Waals surface area contributed by atoms with E-state index in [0.717, 1.165) is 22.0 Å². The van der Waals surface area contributed by atoms with Crippen molar-refractivity contribution in [3.63, 3.8) is 0 Å². The first-order valence-corrected chi connectivity index (χ1v) is 9.64. The zero-order valence-corrected chi connectivity index (χ0v) is 16.7. The number of carbonyl (C=O) groups is 1. The molecule has 3 rings (SSSR count). The Morgan fingerprint density at radius 1 is 1.19 bits per heavy atom. The second-order valence-corrected chi connectivity index (χ2v) is 7.58. The third kappa shape index (κ3) is 4.58. The van der Waals surface area contributed by atoms with Crippen LogP contribution in [0.15, 0.2) is 54.6 Å². The average Bonchev–Trinajstić information content (AvgIpc) is 2.63. The number of fused-ring (bicyclic) bond motifs is 1. The summed E-state index contributed by atoms with van der Waals surface area (Å²) in [6, 6.07) is 17.8. The van der Waals surface area contributed by atoms with Crippen molar-refractivity contribution in [2.45, 2.75) is 25.8 Å². The van der Waals surface area contributed by atoms with Gasteiger partial charge in [-0.05, 0) is 65.1 Å². The van der Waals surface area contributed by atoms with E-state index in [1.165, 1.54) is 3.57 Å². The molecule has 0 bridgehead atoms. The SMILES string of the molecule is CC(CCF)NC(=O)c1cc2ccccc2c(Cc2ccc(I)cc2)n1. The van der Waals surface area contributed by atoms with Crippen LogP contribution in [-0.4, -0.2) is 23.6 Å². The van der Waals surface area contributed by atoms with E-state index in [-0.39, 0.29) is 11.9 Å². The molecule has 1 unspecified atom stereocenters. The number of amides is 1. The van der Waals surface area contributed by atoms with E-state index >= 15 is 0 Å². The molecule has 1 N–H and O–H groups in total. The van der Waals surface area contributed by atoms with Crippen molar-refractivity contribution in [1.82, 2.24) is 10.3 Å². The summed E-state index contributed by atoms with van der Waals surface area (Å²) in [4.78, 5) is 17.1. The molecule has 0 saturated carbocycles. The fourth-order valence-electron chi connectivity index (χ4n) is 2.85. The third-order valence-corrected chi connectivity index (χ3v) is 4.98. The molecule has 0 fully saturated rings. The van der Waals surface area contributed by atoms with Crippen LogP contribution in [0.2, 0.25) is 0 Å². The lowest BCUT2D eigenvalue weighted by Gasteiger charge is -2.13. The maximum atomic E-state index is 12.5. The minimum absolute atomic E-state index is 0.222. The predicted molar refractivity (Wildman–Crippen MR) is 111 cm³/mol. The highest BCUT2D eigenvalue weighted by atomic mass is 127. The highest BCUT2D eigenvalue weighted by Crippen LogP contribution is 2.22. The normalized spacial score (nSPS) is 12.1. The molecule has 0 spiro atoms. The van der Waals surface area contributed by atoms with Crippen molar-refractivity contribution in [1.29, 1.82) is 0 Å². The number of hydrogen-bond donors (Lipinski definition) is 1. The van der Waals surface area contributed by atoms with Crippen LogP contribution in [-0.2, 0) is 6.42 Å². The number of aromatic nitrogens is 1. The van der Waals surface area contributed by atoms with Crippen molar-refractivity contribution in [2.75, 3.05) is 6.67 Å². The smallest absolute Gasteiger partial charge is 0.270 e. The van der Waals surface area contributed by atoms with Crippen LogP contribution < -0.4 is 5.32 Å². The maximum absolute atomic E-state index is 12.5. The van der Waals surface area contributed by atoms with Crippen LogP contribution in [0.1, 0.15) is 35.1 Å². The molecule has 134 valence electrons. The van der Waals surface area contributed by atoms with Gasteiger partial charge in [0.1, 0.15) is 5.69 Å². The van der Waals surface area contributed by atoms with E-state index in [9.17, 15) is 9.18 Å². The van der Waals surface area contributed by atoms with Gasteiger partial charge in [0.25, 0.3) is 5.91 Å². The van der Waals surface area contributed by atoms with Gasteiger partial charge in [0.2, 0.25) is 0 Å². The summed E-state index contributed by atoms with van der Waals surface area (Å²) in [6.07, 6.45) is 0.952. The molecule has 26 heavy (non-hydrogen) atoms. The van der Waals surface area contributed by atoms with E-state index in [4.69, 9.17) is 0 Å². The van der Waals surface area contributed by atoms with Crippen molar-refractivity contribution in [3.8, 4) is 0 Å². The van der Waals surface area contributed by atoms with Gasteiger partial charge in [0, 0.05) is 21.4 Å². The summed E-state index contributed by atoms with van der Waals surface area (Å²) in [7, 11) is 0. The Hall–Kier alpha value is -2.02. The summed E-state index contributed by atoms with van der Waals surface area (Å²) in [5, 5.41) is 4.84. The zero-order valence-electron chi connectivity index (χ0n) is 14.5. The van der Waals surface area contributed by atoms with Gasteiger partial charge in [-0.25, -0.2) is 4.98 Å². The van der Waals surface area contributed by atoms with Crippen LogP contribution in [0.3, 0.4) is 0 Å². The van der Waals surface area contributed by atoms with Gasteiger partial charge >= 0.3 is 0 Å². The topological polar surface area (TPSA) is 42.0 Å². The van der Waals surface area contributed by atoms with Gasteiger partial charge in [0.15, 0.2) is 0 Å². The molecule has 0 saturated heterocycles. The largest absolute Gasteiger partial charge is 0.348 e. The number of pyridine rings is 1. The minimum atomic E-state index is -0.454. The molecule has 5 heteroatoms. The monoisotopic (exact) mass is 462 g/mol. The summed E-state index contributed by atoms with van der Waals surface area (Å²) < 4.78 is 13.7. The molecule has 0 aliphatic rings. The van der Waals surface area contributed by atoms with Crippen LogP contribution >= 0.6 is 22.6 Å². The van der Waals surface area contributed by atoms with Crippen LogP contribution in [0.5, 0.6) is 0 Å². The molecule has 0 aliphatic heterocycles. The lowest BCUT2D eigenvalue weighted by Crippen LogP contribution is -2.33. The molecule has 3 aromatic rings. The minimum Gasteiger partial charge on any atom is -0.348 e. The number of hydrogen-bond acceptors (Lipinski definition) is 2. The van der Waals surface area contributed by atoms with E-state index in [1.54, 1.807) is 13.0 Å². The number of nitrogens with one attached hydrogen (secondary N) is 1. The molecule has 1 atom stereocenters. The van der Waals surface area contributed by atoms with Crippen LogP contribution in [0.4, 0.5) is 4.39 Å². The van der Waals surface area contributed by atoms with E-state index < -0.39 is 6.67 Å². The second kappa shape index (κ2) is 8.58. The second-order valence-electron chi connectivity index (χ2n) is 6.33. The standard InChI is InChI=1S/C21H20FIN2O/c1-14(10-11-22)24-21(26)20-13-16-4-2-3-5-18(16)19(25-20)12-15-6-8-17(23)9-7-15/h2-9,13-14H,10-12H2,1H3,(H,24,26). The fraction of sp³-hybridized carbons (Fsp3) is 0.238. The lowest BCUT2D eigenvalue weighted by molar-refractivity contribution is 0.0932. The number of nitrogens with zero attached hydrogens (tertiary/aromatic N) is 1. The fourth-order valence-corrected chi connectivity index (χ4v) is 3.21. The lowest BCUT2D eigenvalue weighted by atomic mass is 10.0.